The van der Waals surface area contributed by atoms with E-state index in [0.717, 1.165) is 0 Å². The van der Waals surface area contributed by atoms with Crippen LogP contribution in [0.1, 0.15) is 26.6 Å². The molecular formula is C17H12Cl2N4O3. The van der Waals surface area contributed by atoms with E-state index in [9.17, 15) is 9.59 Å². The van der Waals surface area contributed by atoms with Crippen molar-refractivity contribution in [3.63, 3.8) is 0 Å². The van der Waals surface area contributed by atoms with E-state index < -0.39 is 11.8 Å². The van der Waals surface area contributed by atoms with E-state index in [4.69, 9.17) is 27.7 Å². The van der Waals surface area contributed by atoms with Crippen molar-refractivity contribution in [1.82, 2.24) is 10.1 Å². The Kier molecular flexibility index (Phi) is 5.20. The number of carbonyl (C=O) groups is 2. The van der Waals surface area contributed by atoms with Gasteiger partial charge in [0, 0.05) is 17.8 Å². The summed E-state index contributed by atoms with van der Waals surface area (Å²) in [6, 6.07) is 9.28. The zero-order chi connectivity index (χ0) is 18.7. The average molecular weight is 391 g/mol. The smallest absolute Gasteiger partial charge is 0.274 e. The fourth-order valence-electron chi connectivity index (χ4n) is 2.10. The Labute approximate surface area is 158 Å². The highest BCUT2D eigenvalue weighted by atomic mass is 35.5. The van der Waals surface area contributed by atoms with Crippen LogP contribution in [0, 0.1) is 6.92 Å². The van der Waals surface area contributed by atoms with Crippen LogP contribution in [0.2, 0.25) is 10.0 Å². The first-order chi connectivity index (χ1) is 12.4. The van der Waals surface area contributed by atoms with Crippen molar-refractivity contribution in [3.05, 3.63) is 69.7 Å². The number of hydrogen-bond acceptors (Lipinski definition) is 5. The number of rotatable bonds is 4. The molecule has 1 aromatic carbocycles. The summed E-state index contributed by atoms with van der Waals surface area (Å²) >= 11 is 12.0. The Morgan fingerprint density at radius 2 is 1.88 bits per heavy atom. The van der Waals surface area contributed by atoms with E-state index in [1.165, 1.54) is 18.3 Å². The Hall–Kier alpha value is -2.90. The quantitative estimate of drug-likeness (QED) is 0.695. The summed E-state index contributed by atoms with van der Waals surface area (Å²) in [5.74, 6) is -0.133. The van der Waals surface area contributed by atoms with E-state index >= 15 is 0 Å². The van der Waals surface area contributed by atoms with Crippen LogP contribution in [-0.4, -0.2) is 22.0 Å². The standard InChI is InChI=1S/C17H12Cl2N4O3/c1-9-7-14(23-26-9)22-16(24)10-5-6-20-13(8-10)17(25)21-12-4-2-3-11(18)15(12)19/h2-8H,1H3,(H,21,25)(H,22,23,24). The number of benzene rings is 1. The molecule has 0 aliphatic heterocycles. The molecule has 0 unspecified atom stereocenters. The lowest BCUT2D eigenvalue weighted by Gasteiger charge is -2.08. The van der Waals surface area contributed by atoms with Gasteiger partial charge in [-0.25, -0.2) is 0 Å². The maximum absolute atomic E-state index is 12.4. The Morgan fingerprint density at radius 1 is 1.08 bits per heavy atom. The fourth-order valence-corrected chi connectivity index (χ4v) is 2.44. The number of halogens is 2. The van der Waals surface area contributed by atoms with Gasteiger partial charge in [-0.3, -0.25) is 14.6 Å². The zero-order valence-electron chi connectivity index (χ0n) is 13.4. The molecule has 0 saturated carbocycles. The molecule has 0 spiro atoms. The number of anilines is 2. The van der Waals surface area contributed by atoms with Crippen molar-refractivity contribution in [2.24, 2.45) is 0 Å². The fraction of sp³-hybridized carbons (Fsp3) is 0.0588. The van der Waals surface area contributed by atoms with Crippen LogP contribution in [0.4, 0.5) is 11.5 Å². The van der Waals surface area contributed by atoms with Crippen molar-refractivity contribution in [1.29, 1.82) is 0 Å². The molecule has 0 aliphatic rings. The first kappa shape index (κ1) is 17.9. The Morgan fingerprint density at radius 3 is 2.62 bits per heavy atom. The number of aryl methyl sites for hydroxylation is 1. The third kappa shape index (κ3) is 4.01. The highest BCUT2D eigenvalue weighted by molar-refractivity contribution is 6.44. The molecule has 9 heteroatoms. The van der Waals surface area contributed by atoms with E-state index in [1.54, 1.807) is 31.2 Å². The molecule has 0 aliphatic carbocycles. The average Bonchev–Trinajstić information content (AvgIpc) is 3.03. The number of nitrogens with one attached hydrogen (secondary N) is 2. The third-order valence-electron chi connectivity index (χ3n) is 3.32. The van der Waals surface area contributed by atoms with Crippen LogP contribution < -0.4 is 10.6 Å². The van der Waals surface area contributed by atoms with Gasteiger partial charge >= 0.3 is 0 Å². The highest BCUT2D eigenvalue weighted by Crippen LogP contribution is 2.29. The van der Waals surface area contributed by atoms with Gasteiger partial charge in [-0.1, -0.05) is 34.4 Å². The van der Waals surface area contributed by atoms with E-state index in [2.05, 4.69) is 20.8 Å². The lowest BCUT2D eigenvalue weighted by molar-refractivity contribution is 0.102. The molecule has 0 atom stereocenters. The molecule has 2 aromatic heterocycles. The number of carbonyl (C=O) groups excluding carboxylic acids is 2. The summed E-state index contributed by atoms with van der Waals surface area (Å²) < 4.78 is 4.89. The summed E-state index contributed by atoms with van der Waals surface area (Å²) in [5.41, 5.74) is 0.631. The molecule has 3 aromatic rings. The Bertz CT molecular complexity index is 988. The molecule has 0 fully saturated rings. The predicted octanol–water partition coefficient (Wildman–Crippen LogP) is 4.19. The minimum absolute atomic E-state index is 0.0463. The molecule has 0 radical (unpaired) electrons. The number of nitrogens with zero attached hydrogens (tertiary/aromatic N) is 2. The molecule has 0 saturated heterocycles. The molecule has 2 amide bonds. The lowest BCUT2D eigenvalue weighted by Crippen LogP contribution is -2.17. The summed E-state index contributed by atoms with van der Waals surface area (Å²) in [4.78, 5) is 28.6. The van der Waals surface area contributed by atoms with Crippen molar-refractivity contribution in [2.45, 2.75) is 6.92 Å². The van der Waals surface area contributed by atoms with Crippen LogP contribution in [0.25, 0.3) is 0 Å². The normalized spacial score (nSPS) is 10.4. The number of hydrogen-bond donors (Lipinski definition) is 2. The second-order valence-corrected chi connectivity index (χ2v) is 6.05. The van der Waals surface area contributed by atoms with Crippen LogP contribution in [0.3, 0.4) is 0 Å². The highest BCUT2D eigenvalue weighted by Gasteiger charge is 2.15. The topological polar surface area (TPSA) is 97.1 Å². The lowest BCUT2D eigenvalue weighted by atomic mass is 10.2. The van der Waals surface area contributed by atoms with Crippen molar-refractivity contribution in [3.8, 4) is 0 Å². The molecule has 7 nitrogen and oxygen atoms in total. The largest absolute Gasteiger partial charge is 0.360 e. The molecule has 2 N–H and O–H groups in total. The van der Waals surface area contributed by atoms with Crippen molar-refractivity contribution < 1.29 is 14.1 Å². The molecule has 0 bridgehead atoms. The second-order valence-electron chi connectivity index (χ2n) is 5.26. The molecule has 2 heterocycles. The van der Waals surface area contributed by atoms with Crippen molar-refractivity contribution in [2.75, 3.05) is 10.6 Å². The van der Waals surface area contributed by atoms with Crippen LogP contribution in [-0.2, 0) is 0 Å². The number of aromatic nitrogens is 2. The Balaban J connectivity index is 1.76. The van der Waals surface area contributed by atoms with Gasteiger partial charge in [-0.05, 0) is 31.2 Å². The maximum atomic E-state index is 12.4. The first-order valence-electron chi connectivity index (χ1n) is 7.40. The number of pyridine rings is 1. The van der Waals surface area contributed by atoms with Gasteiger partial charge in [0.25, 0.3) is 11.8 Å². The van der Waals surface area contributed by atoms with Crippen LogP contribution in [0.5, 0.6) is 0 Å². The van der Waals surface area contributed by atoms with Gasteiger partial charge in [-0.2, -0.15) is 0 Å². The minimum atomic E-state index is -0.527. The first-order valence-corrected chi connectivity index (χ1v) is 8.15. The second kappa shape index (κ2) is 7.55. The minimum Gasteiger partial charge on any atom is -0.360 e. The van der Waals surface area contributed by atoms with Gasteiger partial charge in [0.2, 0.25) is 0 Å². The third-order valence-corrected chi connectivity index (χ3v) is 4.14. The van der Waals surface area contributed by atoms with Gasteiger partial charge < -0.3 is 15.2 Å². The van der Waals surface area contributed by atoms with Crippen LogP contribution >= 0.6 is 23.2 Å². The van der Waals surface area contributed by atoms with E-state index in [1.807, 2.05) is 0 Å². The van der Waals surface area contributed by atoms with Gasteiger partial charge in [0.15, 0.2) is 5.82 Å². The molecule has 132 valence electrons. The molecular weight excluding hydrogens is 379 g/mol. The van der Waals surface area contributed by atoms with E-state index in [0.29, 0.717) is 16.5 Å². The summed E-state index contributed by atoms with van der Waals surface area (Å²) in [7, 11) is 0. The van der Waals surface area contributed by atoms with Gasteiger partial charge in [0.05, 0.1) is 15.7 Å². The SMILES string of the molecule is Cc1cc(NC(=O)c2ccnc(C(=O)Nc3cccc(Cl)c3Cl)c2)no1. The monoisotopic (exact) mass is 390 g/mol. The maximum Gasteiger partial charge on any atom is 0.274 e. The van der Waals surface area contributed by atoms with Gasteiger partial charge in [-0.15, -0.1) is 0 Å². The summed E-state index contributed by atoms with van der Waals surface area (Å²) in [5, 5.41) is 9.40. The zero-order valence-corrected chi connectivity index (χ0v) is 14.9. The summed E-state index contributed by atoms with van der Waals surface area (Å²) in [6.45, 7) is 1.71. The molecule has 26 heavy (non-hydrogen) atoms. The summed E-state index contributed by atoms with van der Waals surface area (Å²) in [6.07, 6.45) is 1.36. The van der Waals surface area contributed by atoms with Crippen LogP contribution in [0.15, 0.2) is 47.1 Å². The predicted molar refractivity (Wildman–Crippen MR) is 97.8 cm³/mol. The number of amides is 2. The van der Waals surface area contributed by atoms with E-state index in [-0.39, 0.29) is 22.1 Å². The molecule has 3 rings (SSSR count). The van der Waals surface area contributed by atoms with Crippen molar-refractivity contribution >= 4 is 46.5 Å². The van der Waals surface area contributed by atoms with Gasteiger partial charge in [0.1, 0.15) is 11.5 Å².